The number of nitrogens with one attached hydrogen (secondary N) is 1. The number of benzene rings is 1. The third kappa shape index (κ3) is 4.90. The van der Waals surface area contributed by atoms with Crippen molar-refractivity contribution in [2.75, 3.05) is 7.05 Å². The summed E-state index contributed by atoms with van der Waals surface area (Å²) in [4.78, 5) is 4.37. The van der Waals surface area contributed by atoms with E-state index in [0.717, 1.165) is 12.2 Å². The van der Waals surface area contributed by atoms with Crippen molar-refractivity contribution in [2.24, 2.45) is 0 Å². The largest absolute Gasteiger partial charge is 0.461 e. The van der Waals surface area contributed by atoms with Crippen LogP contribution >= 0.6 is 12.4 Å². The van der Waals surface area contributed by atoms with Crippen molar-refractivity contribution in [3.63, 3.8) is 0 Å². The van der Waals surface area contributed by atoms with Gasteiger partial charge in [-0.3, -0.25) is 0 Å². The molecular weight excluding hydrogens is 345 g/mol. The first-order chi connectivity index (χ1) is 11.7. The molecule has 25 heavy (non-hydrogen) atoms. The van der Waals surface area contributed by atoms with Crippen LogP contribution in [0.25, 0.3) is 11.3 Å². The number of nitrogens with zero attached hydrogens (tertiary/aromatic N) is 2. The van der Waals surface area contributed by atoms with E-state index < -0.39 is 0 Å². The third-order valence-electron chi connectivity index (χ3n) is 3.88. The number of rotatable bonds is 7. The zero-order valence-electron chi connectivity index (χ0n) is 14.2. The molecular formula is C18H21ClFN3O2. The normalized spacial score (nSPS) is 12.0. The molecule has 1 unspecified atom stereocenters. The molecule has 2 aromatic heterocycles. The molecule has 0 aliphatic rings. The summed E-state index contributed by atoms with van der Waals surface area (Å²) < 4.78 is 24.7. The molecule has 0 fully saturated rings. The fraction of sp³-hybridized carbons (Fsp3) is 0.333. The summed E-state index contributed by atoms with van der Waals surface area (Å²) in [6, 6.07) is 10.5. The van der Waals surface area contributed by atoms with E-state index in [1.54, 1.807) is 24.3 Å². The standard InChI is InChI=1S/C18H20FN3O2.ClH/c1-12(20-2)11-17-21-18(24-22-17)10-8-13-7-9-16(23-13)14-5-3-4-6-15(14)19;/h3-7,9,12,20H,8,10-11H2,1-2H3;1H. The van der Waals surface area contributed by atoms with E-state index in [2.05, 4.69) is 22.4 Å². The highest BCUT2D eigenvalue weighted by atomic mass is 35.5. The molecule has 134 valence electrons. The molecule has 0 radical (unpaired) electrons. The van der Waals surface area contributed by atoms with Gasteiger partial charge in [0.25, 0.3) is 0 Å². The van der Waals surface area contributed by atoms with E-state index in [1.165, 1.54) is 6.07 Å². The number of aryl methyl sites for hydroxylation is 2. The van der Waals surface area contributed by atoms with Gasteiger partial charge in [0.15, 0.2) is 5.82 Å². The Balaban J connectivity index is 0.00000225. The van der Waals surface area contributed by atoms with Crippen molar-refractivity contribution in [2.45, 2.75) is 32.2 Å². The third-order valence-corrected chi connectivity index (χ3v) is 3.88. The Morgan fingerprint density at radius 2 is 1.96 bits per heavy atom. The Morgan fingerprint density at radius 3 is 2.72 bits per heavy atom. The maximum absolute atomic E-state index is 13.8. The average molecular weight is 366 g/mol. The quantitative estimate of drug-likeness (QED) is 0.689. The van der Waals surface area contributed by atoms with Crippen molar-refractivity contribution < 1.29 is 13.3 Å². The number of furan rings is 1. The molecule has 3 rings (SSSR count). The second-order valence-electron chi connectivity index (χ2n) is 5.74. The van der Waals surface area contributed by atoms with Crippen LogP contribution in [0.3, 0.4) is 0 Å². The molecule has 7 heteroatoms. The number of aromatic nitrogens is 2. The maximum atomic E-state index is 13.8. The maximum Gasteiger partial charge on any atom is 0.227 e. The average Bonchev–Trinajstić information content (AvgIpc) is 3.22. The summed E-state index contributed by atoms with van der Waals surface area (Å²) in [5.74, 6) is 2.27. The minimum Gasteiger partial charge on any atom is -0.461 e. The molecule has 0 amide bonds. The van der Waals surface area contributed by atoms with Gasteiger partial charge in [0.05, 0.1) is 5.56 Å². The van der Waals surface area contributed by atoms with Crippen molar-refractivity contribution in [1.29, 1.82) is 0 Å². The summed E-state index contributed by atoms with van der Waals surface area (Å²) in [6.45, 7) is 2.06. The summed E-state index contributed by atoms with van der Waals surface area (Å²) >= 11 is 0. The molecule has 1 atom stereocenters. The molecule has 5 nitrogen and oxygen atoms in total. The molecule has 1 N–H and O–H groups in total. The van der Waals surface area contributed by atoms with Gasteiger partial charge in [0, 0.05) is 25.3 Å². The van der Waals surface area contributed by atoms with Crippen LogP contribution in [0.1, 0.15) is 24.4 Å². The summed E-state index contributed by atoms with van der Waals surface area (Å²) in [5, 5.41) is 7.11. The van der Waals surface area contributed by atoms with Crippen LogP contribution in [0.2, 0.25) is 0 Å². The van der Waals surface area contributed by atoms with E-state index in [-0.39, 0.29) is 18.2 Å². The lowest BCUT2D eigenvalue weighted by atomic mass is 10.1. The summed E-state index contributed by atoms with van der Waals surface area (Å²) in [6.07, 6.45) is 1.93. The molecule has 0 aliphatic heterocycles. The van der Waals surface area contributed by atoms with Crippen molar-refractivity contribution in [1.82, 2.24) is 15.5 Å². The van der Waals surface area contributed by atoms with Crippen molar-refractivity contribution in [3.05, 3.63) is 59.7 Å². The summed E-state index contributed by atoms with van der Waals surface area (Å²) in [5.41, 5.74) is 0.463. The van der Waals surface area contributed by atoms with E-state index in [4.69, 9.17) is 8.94 Å². The Bertz CT molecular complexity index is 803. The molecule has 0 bridgehead atoms. The van der Waals surface area contributed by atoms with E-state index >= 15 is 0 Å². The number of hydrogen-bond donors (Lipinski definition) is 1. The lowest BCUT2D eigenvalue weighted by Gasteiger charge is -2.04. The molecule has 0 spiro atoms. The number of hydrogen-bond acceptors (Lipinski definition) is 5. The minimum absolute atomic E-state index is 0. The highest BCUT2D eigenvalue weighted by molar-refractivity contribution is 5.85. The predicted molar refractivity (Wildman–Crippen MR) is 95.3 cm³/mol. The molecule has 3 aromatic rings. The van der Waals surface area contributed by atoms with Gasteiger partial charge in [0.2, 0.25) is 5.89 Å². The van der Waals surface area contributed by atoms with E-state index in [0.29, 0.717) is 41.9 Å². The Hall–Kier alpha value is -2.18. The summed E-state index contributed by atoms with van der Waals surface area (Å²) in [7, 11) is 1.90. The molecule has 1 aromatic carbocycles. The van der Waals surface area contributed by atoms with Gasteiger partial charge in [-0.25, -0.2) is 4.39 Å². The van der Waals surface area contributed by atoms with Crippen LogP contribution in [0.15, 0.2) is 45.3 Å². The second kappa shape index (κ2) is 8.78. The van der Waals surface area contributed by atoms with Gasteiger partial charge < -0.3 is 14.3 Å². The number of likely N-dealkylation sites (N-methyl/N-ethyl adjacent to an activating group) is 1. The predicted octanol–water partition coefficient (Wildman–Crippen LogP) is 3.83. The SMILES string of the molecule is CNC(C)Cc1noc(CCc2ccc(-c3ccccc3F)o2)n1.Cl. The lowest BCUT2D eigenvalue weighted by molar-refractivity contribution is 0.367. The zero-order valence-corrected chi connectivity index (χ0v) is 15.0. The Morgan fingerprint density at radius 1 is 1.16 bits per heavy atom. The number of halogens is 2. The highest BCUT2D eigenvalue weighted by Crippen LogP contribution is 2.25. The van der Waals surface area contributed by atoms with Gasteiger partial charge in [-0.05, 0) is 38.2 Å². The van der Waals surface area contributed by atoms with Gasteiger partial charge >= 0.3 is 0 Å². The van der Waals surface area contributed by atoms with Crippen molar-refractivity contribution >= 4 is 12.4 Å². The molecule has 2 heterocycles. The Kier molecular flexibility index (Phi) is 6.73. The molecule has 0 saturated carbocycles. The molecule has 0 aliphatic carbocycles. The smallest absolute Gasteiger partial charge is 0.227 e. The van der Waals surface area contributed by atoms with Crippen LogP contribution in [0, 0.1) is 5.82 Å². The Labute approximate surface area is 152 Å². The van der Waals surface area contributed by atoms with Gasteiger partial charge in [-0.15, -0.1) is 12.4 Å². The van der Waals surface area contributed by atoms with Gasteiger partial charge in [-0.2, -0.15) is 4.98 Å². The topological polar surface area (TPSA) is 64.1 Å². The van der Waals surface area contributed by atoms with Crippen LogP contribution in [-0.2, 0) is 19.3 Å². The fourth-order valence-corrected chi connectivity index (χ4v) is 2.40. The first-order valence-corrected chi connectivity index (χ1v) is 7.98. The minimum atomic E-state index is -0.293. The van der Waals surface area contributed by atoms with Gasteiger partial charge in [0.1, 0.15) is 17.3 Å². The monoisotopic (exact) mass is 365 g/mol. The first kappa shape index (κ1) is 19.1. The van der Waals surface area contributed by atoms with Crippen LogP contribution in [0.5, 0.6) is 0 Å². The van der Waals surface area contributed by atoms with Crippen LogP contribution in [0.4, 0.5) is 4.39 Å². The second-order valence-corrected chi connectivity index (χ2v) is 5.74. The van der Waals surface area contributed by atoms with Gasteiger partial charge in [-0.1, -0.05) is 17.3 Å². The highest BCUT2D eigenvalue weighted by Gasteiger charge is 2.12. The lowest BCUT2D eigenvalue weighted by Crippen LogP contribution is -2.24. The first-order valence-electron chi connectivity index (χ1n) is 7.98. The van der Waals surface area contributed by atoms with Crippen LogP contribution in [-0.4, -0.2) is 23.2 Å². The fourth-order valence-electron chi connectivity index (χ4n) is 2.40. The van der Waals surface area contributed by atoms with Crippen molar-refractivity contribution in [3.8, 4) is 11.3 Å². The van der Waals surface area contributed by atoms with E-state index in [1.807, 2.05) is 13.1 Å². The molecule has 0 saturated heterocycles. The van der Waals surface area contributed by atoms with E-state index in [9.17, 15) is 4.39 Å². The zero-order chi connectivity index (χ0) is 16.9. The van der Waals surface area contributed by atoms with Crippen LogP contribution < -0.4 is 5.32 Å².